The number of halogens is 3. The van der Waals surface area contributed by atoms with E-state index in [9.17, 15) is 14.4 Å². The quantitative estimate of drug-likeness (QED) is 0.0932. The highest BCUT2D eigenvalue weighted by Crippen LogP contribution is 2.33. The van der Waals surface area contributed by atoms with Crippen molar-refractivity contribution in [1.82, 2.24) is 10.3 Å². The smallest absolute Gasteiger partial charge is 0.272 e. The fourth-order valence-electron chi connectivity index (χ4n) is 4.36. The lowest BCUT2D eigenvalue weighted by molar-refractivity contribution is -0.116. The van der Waals surface area contributed by atoms with Crippen LogP contribution in [0.5, 0.6) is 0 Å². The van der Waals surface area contributed by atoms with Gasteiger partial charge in [0, 0.05) is 37.1 Å². The molecule has 4 aromatic carbocycles. The van der Waals surface area contributed by atoms with E-state index >= 15 is 0 Å². The zero-order valence-electron chi connectivity index (χ0n) is 24.8. The second-order valence-corrected chi connectivity index (χ2v) is 13.4. The van der Waals surface area contributed by atoms with Crippen LogP contribution >= 0.6 is 57.9 Å². The van der Waals surface area contributed by atoms with Gasteiger partial charge in [-0.05, 0) is 72.7 Å². The third-order valence-electron chi connectivity index (χ3n) is 6.71. The Morgan fingerprint density at radius 3 is 2.38 bits per heavy atom. The van der Waals surface area contributed by atoms with Crippen LogP contribution in [0.25, 0.3) is 17.3 Å². The van der Waals surface area contributed by atoms with E-state index in [1.54, 1.807) is 91.0 Å². The Hall–Kier alpha value is -4.12. The van der Waals surface area contributed by atoms with Crippen LogP contribution in [-0.2, 0) is 9.59 Å². The Kier molecular flexibility index (Phi) is 11.7. The lowest BCUT2D eigenvalue weighted by Gasteiger charge is -2.15. The summed E-state index contributed by atoms with van der Waals surface area (Å²) >= 11 is 21.4. The molecule has 1 aromatic heterocycles. The lowest BCUT2D eigenvalue weighted by atomic mass is 10.1. The highest BCUT2D eigenvalue weighted by Gasteiger charge is 2.21. The van der Waals surface area contributed by atoms with Crippen molar-refractivity contribution in [1.29, 1.82) is 0 Å². The average Bonchev–Trinajstić information content (AvgIpc) is 3.52. The Labute approximate surface area is 295 Å². The first-order valence-corrected chi connectivity index (χ1v) is 17.2. The maximum Gasteiger partial charge on any atom is 0.272 e. The zero-order valence-corrected chi connectivity index (χ0v) is 28.7. The minimum Gasteiger partial charge on any atom is -0.321 e. The van der Waals surface area contributed by atoms with E-state index in [-0.39, 0.29) is 11.6 Å². The third-order valence-corrected chi connectivity index (χ3v) is 9.72. The van der Waals surface area contributed by atoms with Crippen LogP contribution in [0.3, 0.4) is 0 Å². The van der Waals surface area contributed by atoms with Crippen molar-refractivity contribution in [3.63, 3.8) is 0 Å². The number of nitrogens with one attached hydrogen (secondary N) is 3. The fraction of sp³-hybridized carbons (Fsp3) is 0.0857. The molecule has 0 bridgehead atoms. The summed E-state index contributed by atoms with van der Waals surface area (Å²) in [7, 11) is 0. The summed E-state index contributed by atoms with van der Waals surface area (Å²) in [5, 5.41) is 11.7. The van der Waals surface area contributed by atoms with Crippen molar-refractivity contribution in [3.05, 3.63) is 134 Å². The minimum atomic E-state index is -0.540. The number of rotatable bonds is 11. The highest BCUT2D eigenvalue weighted by atomic mass is 35.5. The van der Waals surface area contributed by atoms with E-state index in [4.69, 9.17) is 34.8 Å². The van der Waals surface area contributed by atoms with Gasteiger partial charge in [-0.25, -0.2) is 4.98 Å². The molecule has 47 heavy (non-hydrogen) atoms. The van der Waals surface area contributed by atoms with Crippen molar-refractivity contribution in [2.24, 2.45) is 0 Å². The first kappa shape index (κ1) is 34.2. The van der Waals surface area contributed by atoms with Gasteiger partial charge in [0.25, 0.3) is 11.8 Å². The monoisotopic (exact) mass is 720 g/mol. The lowest BCUT2D eigenvalue weighted by Crippen LogP contribution is -2.30. The van der Waals surface area contributed by atoms with Gasteiger partial charge in [-0.2, -0.15) is 0 Å². The standard InChI is InChI=1S/C35H27Cl3N4O3S2/c1-2-31(34(45)42-35-41-30(20-46-35)26-16-15-23(36)18-28(26)38)47-25-13-8-12-24(19-25)39-33(44)29(17-22-11-6-7-14-27(22)37)40-32(43)21-9-4-3-5-10-21/h3-20,31H,2H2,1H3,(H,39,44)(H,40,43)(H,41,42,45)/b29-17+. The second kappa shape index (κ2) is 16.1. The van der Waals surface area contributed by atoms with Crippen LogP contribution in [-0.4, -0.2) is 28.0 Å². The molecule has 0 aliphatic rings. The number of benzene rings is 4. The Morgan fingerprint density at radius 2 is 1.64 bits per heavy atom. The molecule has 1 atom stereocenters. The van der Waals surface area contributed by atoms with Gasteiger partial charge in [0.1, 0.15) is 5.70 Å². The predicted molar refractivity (Wildman–Crippen MR) is 195 cm³/mol. The number of anilines is 2. The molecule has 1 unspecified atom stereocenters. The van der Waals surface area contributed by atoms with Crippen LogP contribution in [0.4, 0.5) is 10.8 Å². The number of thiazole rings is 1. The number of carbonyl (C=O) groups is 3. The van der Waals surface area contributed by atoms with Crippen molar-refractivity contribution >= 4 is 92.5 Å². The van der Waals surface area contributed by atoms with E-state index < -0.39 is 17.1 Å². The van der Waals surface area contributed by atoms with Crippen LogP contribution in [0.15, 0.2) is 113 Å². The number of aromatic nitrogens is 1. The van der Waals surface area contributed by atoms with Gasteiger partial charge < -0.3 is 16.0 Å². The summed E-state index contributed by atoms with van der Waals surface area (Å²) in [6.45, 7) is 1.92. The molecule has 0 aliphatic heterocycles. The van der Waals surface area contributed by atoms with Crippen molar-refractivity contribution < 1.29 is 14.4 Å². The molecule has 7 nitrogen and oxygen atoms in total. The Bertz CT molecular complexity index is 1950. The summed E-state index contributed by atoms with van der Waals surface area (Å²) in [4.78, 5) is 45.0. The Morgan fingerprint density at radius 1 is 0.872 bits per heavy atom. The van der Waals surface area contributed by atoms with Gasteiger partial charge in [-0.3, -0.25) is 14.4 Å². The average molecular weight is 722 g/mol. The van der Waals surface area contributed by atoms with Crippen LogP contribution in [0.2, 0.25) is 15.1 Å². The van der Waals surface area contributed by atoms with Gasteiger partial charge in [0.05, 0.1) is 16.0 Å². The summed E-state index contributed by atoms with van der Waals surface area (Å²) in [5.74, 6) is -1.19. The molecule has 0 radical (unpaired) electrons. The first-order chi connectivity index (χ1) is 22.7. The van der Waals surface area contributed by atoms with Crippen LogP contribution < -0.4 is 16.0 Å². The minimum absolute atomic E-state index is 0.0125. The van der Waals surface area contributed by atoms with E-state index in [2.05, 4.69) is 20.9 Å². The number of nitrogens with zero attached hydrogens (tertiary/aromatic N) is 1. The normalized spacial score (nSPS) is 11.9. The van der Waals surface area contributed by atoms with Crippen molar-refractivity contribution in [2.75, 3.05) is 10.6 Å². The molecule has 0 spiro atoms. The number of carbonyl (C=O) groups excluding carboxylic acids is 3. The molecule has 12 heteroatoms. The van der Waals surface area contributed by atoms with E-state index in [0.717, 1.165) is 10.5 Å². The number of hydrogen-bond acceptors (Lipinski definition) is 6. The topological polar surface area (TPSA) is 100 Å². The molecule has 0 saturated heterocycles. The molecule has 0 fully saturated rings. The first-order valence-electron chi connectivity index (χ1n) is 14.3. The number of hydrogen-bond donors (Lipinski definition) is 3. The largest absolute Gasteiger partial charge is 0.321 e. The van der Waals surface area contributed by atoms with E-state index in [1.807, 2.05) is 18.4 Å². The zero-order chi connectivity index (χ0) is 33.3. The van der Waals surface area contributed by atoms with Gasteiger partial charge in [0.2, 0.25) is 5.91 Å². The highest BCUT2D eigenvalue weighted by molar-refractivity contribution is 8.00. The second-order valence-electron chi connectivity index (χ2n) is 10.0. The van der Waals surface area contributed by atoms with Gasteiger partial charge >= 0.3 is 0 Å². The molecule has 0 saturated carbocycles. The summed E-state index contributed by atoms with van der Waals surface area (Å²) < 4.78 is 0. The number of amides is 3. The van der Waals surface area contributed by atoms with E-state index in [1.165, 1.54) is 29.2 Å². The maximum absolute atomic E-state index is 13.5. The maximum atomic E-state index is 13.5. The summed E-state index contributed by atoms with van der Waals surface area (Å²) in [6.07, 6.45) is 2.07. The van der Waals surface area contributed by atoms with E-state index in [0.29, 0.717) is 49.1 Å². The van der Waals surface area contributed by atoms with Gasteiger partial charge in [-0.1, -0.05) is 84.2 Å². The van der Waals surface area contributed by atoms with Crippen LogP contribution in [0, 0.1) is 0 Å². The summed E-state index contributed by atoms with van der Waals surface area (Å²) in [6, 6.07) is 27.9. The molecule has 5 rings (SSSR count). The van der Waals surface area contributed by atoms with Crippen molar-refractivity contribution in [3.8, 4) is 11.3 Å². The SMILES string of the molecule is CCC(Sc1cccc(NC(=O)/C(=C\c2ccccc2Cl)NC(=O)c2ccccc2)c1)C(=O)Nc1nc(-c2ccc(Cl)cc2Cl)cs1. The molecular formula is C35H27Cl3N4O3S2. The third kappa shape index (κ3) is 9.24. The predicted octanol–water partition coefficient (Wildman–Crippen LogP) is 9.69. The number of thioether (sulfide) groups is 1. The molecule has 238 valence electrons. The fourth-order valence-corrected chi connectivity index (χ4v) is 6.78. The molecule has 3 N–H and O–H groups in total. The molecular weight excluding hydrogens is 695 g/mol. The molecule has 1 heterocycles. The van der Waals surface area contributed by atoms with Crippen molar-refractivity contribution in [2.45, 2.75) is 23.5 Å². The molecule has 0 aliphatic carbocycles. The molecule has 3 amide bonds. The summed E-state index contributed by atoms with van der Waals surface area (Å²) in [5.41, 5.74) is 2.82. The Balaban J connectivity index is 1.28. The van der Waals surface area contributed by atoms with Crippen LogP contribution in [0.1, 0.15) is 29.3 Å². The van der Waals surface area contributed by atoms with Gasteiger partial charge in [-0.15, -0.1) is 23.1 Å². The van der Waals surface area contributed by atoms with Gasteiger partial charge in [0.15, 0.2) is 5.13 Å². The molecule has 5 aromatic rings.